The molecular formula is C30H25N3O3S. The van der Waals surface area contributed by atoms with E-state index in [-0.39, 0.29) is 5.78 Å². The molecule has 0 aliphatic rings. The third-order valence-corrected chi connectivity index (χ3v) is 7.02. The molecule has 0 saturated heterocycles. The number of ether oxygens (including phenoxy) is 2. The van der Waals surface area contributed by atoms with Crippen LogP contribution >= 0.6 is 11.3 Å². The van der Waals surface area contributed by atoms with Gasteiger partial charge in [-0.05, 0) is 36.8 Å². The Morgan fingerprint density at radius 2 is 1.54 bits per heavy atom. The van der Waals surface area contributed by atoms with Crippen molar-refractivity contribution in [2.75, 3.05) is 14.2 Å². The summed E-state index contributed by atoms with van der Waals surface area (Å²) < 4.78 is 12.5. The van der Waals surface area contributed by atoms with E-state index in [1.54, 1.807) is 26.4 Å². The highest BCUT2D eigenvalue weighted by atomic mass is 32.1. The SMILES string of the molecule is COc1ccc(/C=C\C(=O)c2sc(-n3nc(-c4ccccc4)cc3-c3ccccc3)nc2C)cc1OC. The molecule has 0 atom stereocenters. The van der Waals surface area contributed by atoms with Crippen molar-refractivity contribution in [3.8, 4) is 39.1 Å². The van der Waals surface area contributed by atoms with E-state index in [9.17, 15) is 4.79 Å². The molecule has 0 fully saturated rings. The van der Waals surface area contributed by atoms with Crippen LogP contribution in [0.2, 0.25) is 0 Å². The number of carbonyl (C=O) groups is 1. The molecule has 6 nitrogen and oxygen atoms in total. The largest absolute Gasteiger partial charge is 0.493 e. The maximum absolute atomic E-state index is 13.1. The Morgan fingerprint density at radius 1 is 0.865 bits per heavy atom. The number of methoxy groups -OCH3 is 2. The first-order chi connectivity index (χ1) is 18.1. The first kappa shape index (κ1) is 24.2. The fourth-order valence-electron chi connectivity index (χ4n) is 4.00. The Hall–Kier alpha value is -4.49. The van der Waals surface area contributed by atoms with Crippen LogP contribution in [-0.4, -0.2) is 34.8 Å². The molecule has 7 heteroatoms. The van der Waals surface area contributed by atoms with Gasteiger partial charge in [0.05, 0.1) is 36.2 Å². The summed E-state index contributed by atoms with van der Waals surface area (Å²) in [7, 11) is 3.17. The zero-order valence-corrected chi connectivity index (χ0v) is 21.5. The second-order valence-corrected chi connectivity index (χ2v) is 9.26. The third kappa shape index (κ3) is 5.08. The van der Waals surface area contributed by atoms with E-state index in [0.29, 0.717) is 27.2 Å². The number of nitrogens with zero attached hydrogens (tertiary/aromatic N) is 3. The van der Waals surface area contributed by atoms with Crippen LogP contribution in [0.4, 0.5) is 0 Å². The molecule has 0 aliphatic carbocycles. The molecule has 2 heterocycles. The fourth-order valence-corrected chi connectivity index (χ4v) is 4.95. The second kappa shape index (κ2) is 10.6. The molecule has 0 amide bonds. The Labute approximate surface area is 219 Å². The monoisotopic (exact) mass is 507 g/mol. The molecule has 0 N–H and O–H groups in total. The summed E-state index contributed by atoms with van der Waals surface area (Å²) >= 11 is 1.33. The van der Waals surface area contributed by atoms with E-state index in [2.05, 4.69) is 6.07 Å². The lowest BCUT2D eigenvalue weighted by atomic mass is 10.1. The van der Waals surface area contributed by atoms with Crippen molar-refractivity contribution in [2.45, 2.75) is 6.92 Å². The van der Waals surface area contributed by atoms with E-state index < -0.39 is 0 Å². The molecule has 2 aromatic heterocycles. The number of aryl methyl sites for hydroxylation is 1. The van der Waals surface area contributed by atoms with Crippen LogP contribution in [0.15, 0.2) is 91.0 Å². The van der Waals surface area contributed by atoms with Crippen LogP contribution < -0.4 is 9.47 Å². The van der Waals surface area contributed by atoms with Gasteiger partial charge in [0, 0.05) is 11.1 Å². The maximum Gasteiger partial charge on any atom is 0.211 e. The van der Waals surface area contributed by atoms with Crippen LogP contribution in [0.3, 0.4) is 0 Å². The number of aromatic nitrogens is 3. The summed E-state index contributed by atoms with van der Waals surface area (Å²) in [5.41, 5.74) is 5.28. The summed E-state index contributed by atoms with van der Waals surface area (Å²) in [4.78, 5) is 18.4. The summed E-state index contributed by atoms with van der Waals surface area (Å²) in [6, 6.07) is 27.7. The van der Waals surface area contributed by atoms with Crippen LogP contribution in [0.25, 0.3) is 33.7 Å². The summed E-state index contributed by atoms with van der Waals surface area (Å²) in [6.07, 6.45) is 3.32. The highest BCUT2D eigenvalue weighted by Gasteiger charge is 2.19. The van der Waals surface area contributed by atoms with Gasteiger partial charge in [-0.1, -0.05) is 84.1 Å². The number of allylic oxidation sites excluding steroid dienone is 1. The van der Waals surface area contributed by atoms with Gasteiger partial charge in [0.25, 0.3) is 0 Å². The smallest absolute Gasteiger partial charge is 0.211 e. The van der Waals surface area contributed by atoms with Crippen LogP contribution in [0, 0.1) is 6.92 Å². The Kier molecular flexibility index (Phi) is 6.96. The van der Waals surface area contributed by atoms with Crippen molar-refractivity contribution in [1.82, 2.24) is 14.8 Å². The Balaban J connectivity index is 1.49. The predicted octanol–water partition coefficient (Wildman–Crippen LogP) is 6.88. The minimum Gasteiger partial charge on any atom is -0.493 e. The Bertz CT molecular complexity index is 1570. The van der Waals surface area contributed by atoms with Gasteiger partial charge in [-0.15, -0.1) is 0 Å². The lowest BCUT2D eigenvalue weighted by molar-refractivity contribution is 0.105. The number of rotatable bonds is 8. The number of thiazole rings is 1. The molecule has 0 bridgehead atoms. The van der Waals surface area contributed by atoms with Crippen molar-refractivity contribution in [2.24, 2.45) is 0 Å². The van der Waals surface area contributed by atoms with Gasteiger partial charge < -0.3 is 9.47 Å². The average molecular weight is 508 g/mol. The molecule has 37 heavy (non-hydrogen) atoms. The van der Waals surface area contributed by atoms with Gasteiger partial charge in [-0.2, -0.15) is 5.10 Å². The number of carbonyl (C=O) groups excluding carboxylic acids is 1. The van der Waals surface area contributed by atoms with Crippen LogP contribution in [-0.2, 0) is 0 Å². The first-order valence-electron chi connectivity index (χ1n) is 11.7. The van der Waals surface area contributed by atoms with Gasteiger partial charge >= 0.3 is 0 Å². The highest BCUT2D eigenvalue weighted by Crippen LogP contribution is 2.32. The standard InChI is InChI=1S/C30H25N3O3S/c1-20-29(26(34)16-14-21-15-17-27(35-2)28(18-21)36-3)37-30(31-20)33-25(23-12-8-5-9-13-23)19-24(32-33)22-10-6-4-7-11-22/h4-19H,1-3H3/b16-14-. The summed E-state index contributed by atoms with van der Waals surface area (Å²) in [6.45, 7) is 1.85. The number of benzene rings is 3. The van der Waals surface area contributed by atoms with E-state index in [1.807, 2.05) is 90.5 Å². The first-order valence-corrected chi connectivity index (χ1v) is 12.5. The second-order valence-electron chi connectivity index (χ2n) is 8.28. The molecule has 0 aliphatic heterocycles. The van der Waals surface area contributed by atoms with E-state index in [4.69, 9.17) is 19.6 Å². The number of ketones is 1. The quantitative estimate of drug-likeness (QED) is 0.169. The van der Waals surface area contributed by atoms with Gasteiger partial charge in [-0.3, -0.25) is 4.79 Å². The average Bonchev–Trinajstić information content (AvgIpc) is 3.56. The van der Waals surface area contributed by atoms with Crippen LogP contribution in [0.1, 0.15) is 20.9 Å². The molecule has 184 valence electrons. The fraction of sp³-hybridized carbons (Fsp3) is 0.100. The van der Waals surface area contributed by atoms with Crippen molar-refractivity contribution < 1.29 is 14.3 Å². The third-order valence-electron chi connectivity index (χ3n) is 5.87. The molecule has 0 spiro atoms. The normalized spacial score (nSPS) is 11.1. The lowest BCUT2D eigenvalue weighted by Crippen LogP contribution is -1.98. The molecule has 3 aromatic carbocycles. The molecule has 0 unspecified atom stereocenters. The van der Waals surface area contributed by atoms with E-state index in [0.717, 1.165) is 28.1 Å². The van der Waals surface area contributed by atoms with Gasteiger partial charge in [0.15, 0.2) is 17.3 Å². The van der Waals surface area contributed by atoms with E-state index in [1.165, 1.54) is 11.3 Å². The zero-order valence-electron chi connectivity index (χ0n) is 20.7. The molecule has 5 rings (SSSR count). The number of hydrogen-bond donors (Lipinski definition) is 0. The highest BCUT2D eigenvalue weighted by molar-refractivity contribution is 7.16. The van der Waals surface area contributed by atoms with Gasteiger partial charge in [0.2, 0.25) is 5.13 Å². The predicted molar refractivity (Wildman–Crippen MR) is 148 cm³/mol. The Morgan fingerprint density at radius 3 is 2.22 bits per heavy atom. The maximum atomic E-state index is 13.1. The molecule has 0 radical (unpaired) electrons. The van der Waals surface area contributed by atoms with Crippen molar-refractivity contribution >= 4 is 23.2 Å². The van der Waals surface area contributed by atoms with Gasteiger partial charge in [-0.25, -0.2) is 9.67 Å². The van der Waals surface area contributed by atoms with E-state index >= 15 is 0 Å². The summed E-state index contributed by atoms with van der Waals surface area (Å²) in [5.74, 6) is 1.12. The lowest BCUT2D eigenvalue weighted by Gasteiger charge is -2.07. The van der Waals surface area contributed by atoms with Crippen molar-refractivity contribution in [3.63, 3.8) is 0 Å². The van der Waals surface area contributed by atoms with Crippen molar-refractivity contribution in [1.29, 1.82) is 0 Å². The zero-order chi connectivity index (χ0) is 25.8. The summed E-state index contributed by atoms with van der Waals surface area (Å²) in [5, 5.41) is 5.52. The number of hydrogen-bond acceptors (Lipinski definition) is 6. The minimum absolute atomic E-state index is 0.118. The topological polar surface area (TPSA) is 66.2 Å². The molecular weight excluding hydrogens is 482 g/mol. The van der Waals surface area contributed by atoms with Gasteiger partial charge in [0.1, 0.15) is 0 Å². The molecule has 0 saturated carbocycles. The minimum atomic E-state index is -0.118. The van der Waals surface area contributed by atoms with Crippen LogP contribution in [0.5, 0.6) is 11.5 Å². The van der Waals surface area contributed by atoms with Crippen molar-refractivity contribution in [3.05, 3.63) is 107 Å². The molecule has 5 aromatic rings.